The highest BCUT2D eigenvalue weighted by Gasteiger charge is 2.38. The van der Waals surface area contributed by atoms with Gasteiger partial charge in [0.25, 0.3) is 0 Å². The van der Waals surface area contributed by atoms with Crippen LogP contribution < -0.4 is 15.2 Å². The Hall–Kier alpha value is -3.17. The van der Waals surface area contributed by atoms with Gasteiger partial charge >= 0.3 is 0 Å². The van der Waals surface area contributed by atoms with Gasteiger partial charge in [-0.05, 0) is 54.8 Å². The maximum Gasteiger partial charge on any atom is 0.243 e. The predicted octanol–water partition coefficient (Wildman–Crippen LogP) is 3.27. The van der Waals surface area contributed by atoms with E-state index in [1.165, 1.54) is 4.31 Å². The molecule has 8 nitrogen and oxygen atoms in total. The molecule has 1 aliphatic rings. The summed E-state index contributed by atoms with van der Waals surface area (Å²) in [6, 6.07) is 13.4. The van der Waals surface area contributed by atoms with Gasteiger partial charge < -0.3 is 15.2 Å². The first-order valence-corrected chi connectivity index (χ1v) is 11.3. The molecule has 0 spiro atoms. The minimum atomic E-state index is -3.73. The zero-order valence-corrected chi connectivity index (χ0v) is 18.2. The van der Waals surface area contributed by atoms with Crippen molar-refractivity contribution in [3.8, 4) is 22.6 Å². The molecule has 31 heavy (non-hydrogen) atoms. The standard InChI is InChI=1S/C22H24N4O4S/c1-29-16-7-5-15(6-8-16)19-14-24-22(23)25-21(19)20-4-3-13-26(20)31(27,28)18-11-9-17(30-2)10-12-18/h5-12,14,20H,3-4,13H2,1-2H3,(H2,23,24,25). The Labute approximate surface area is 181 Å². The Morgan fingerprint density at radius 3 is 2.23 bits per heavy atom. The molecule has 2 heterocycles. The van der Waals surface area contributed by atoms with Crippen molar-refractivity contribution in [1.82, 2.24) is 14.3 Å². The summed E-state index contributed by atoms with van der Waals surface area (Å²) < 4.78 is 38.7. The summed E-state index contributed by atoms with van der Waals surface area (Å²) in [6.45, 7) is 0.408. The first kappa shape index (κ1) is 21.1. The maximum atomic E-state index is 13.4. The third kappa shape index (κ3) is 4.06. The van der Waals surface area contributed by atoms with E-state index in [2.05, 4.69) is 9.97 Å². The summed E-state index contributed by atoms with van der Waals surface area (Å²) in [5.74, 6) is 1.44. The highest BCUT2D eigenvalue weighted by atomic mass is 32.2. The molecule has 0 saturated carbocycles. The Morgan fingerprint density at radius 2 is 1.61 bits per heavy atom. The van der Waals surface area contributed by atoms with Gasteiger partial charge in [-0.15, -0.1) is 0 Å². The normalized spacial score (nSPS) is 16.9. The van der Waals surface area contributed by atoms with Crippen LogP contribution in [0.1, 0.15) is 24.6 Å². The molecule has 1 atom stereocenters. The number of nitrogens with two attached hydrogens (primary N) is 1. The van der Waals surface area contributed by atoms with Crippen molar-refractivity contribution in [3.05, 3.63) is 60.4 Å². The van der Waals surface area contributed by atoms with Gasteiger partial charge in [0, 0.05) is 18.3 Å². The third-order valence-corrected chi connectivity index (χ3v) is 7.35. The topological polar surface area (TPSA) is 108 Å². The summed E-state index contributed by atoms with van der Waals surface area (Å²) in [5.41, 5.74) is 8.11. The number of nitrogens with zero attached hydrogens (tertiary/aromatic N) is 3. The number of hydrogen-bond donors (Lipinski definition) is 1. The van der Waals surface area contributed by atoms with Crippen LogP contribution in [0, 0.1) is 0 Å². The number of nitrogen functional groups attached to an aromatic ring is 1. The Bertz CT molecular complexity index is 1170. The number of benzene rings is 2. The zero-order chi connectivity index (χ0) is 22.0. The summed E-state index contributed by atoms with van der Waals surface area (Å²) in [6.07, 6.45) is 3.02. The highest BCUT2D eigenvalue weighted by molar-refractivity contribution is 7.89. The minimum Gasteiger partial charge on any atom is -0.497 e. The predicted molar refractivity (Wildman–Crippen MR) is 117 cm³/mol. The van der Waals surface area contributed by atoms with Crippen LogP contribution in [0.3, 0.4) is 0 Å². The van der Waals surface area contributed by atoms with E-state index in [1.54, 1.807) is 44.7 Å². The molecule has 9 heteroatoms. The molecule has 0 radical (unpaired) electrons. The van der Waals surface area contributed by atoms with E-state index >= 15 is 0 Å². The number of ether oxygens (including phenoxy) is 2. The third-order valence-electron chi connectivity index (χ3n) is 5.42. The number of rotatable bonds is 6. The minimum absolute atomic E-state index is 0.112. The molecular weight excluding hydrogens is 416 g/mol. The lowest BCUT2D eigenvalue weighted by Crippen LogP contribution is -2.31. The Morgan fingerprint density at radius 1 is 1.00 bits per heavy atom. The highest BCUT2D eigenvalue weighted by Crippen LogP contribution is 2.40. The van der Waals surface area contributed by atoms with Gasteiger partial charge in [0.15, 0.2) is 0 Å². The van der Waals surface area contributed by atoms with Gasteiger partial charge in [-0.25, -0.2) is 18.4 Å². The van der Waals surface area contributed by atoms with Crippen LogP contribution in [0.15, 0.2) is 59.6 Å². The monoisotopic (exact) mass is 440 g/mol. The summed E-state index contributed by atoms with van der Waals surface area (Å²) in [5, 5.41) is 0. The van der Waals surface area contributed by atoms with E-state index in [0.717, 1.165) is 23.3 Å². The second kappa shape index (κ2) is 8.52. The lowest BCUT2D eigenvalue weighted by Gasteiger charge is -2.25. The SMILES string of the molecule is COc1ccc(-c2cnc(N)nc2C2CCCN2S(=O)(=O)c2ccc(OC)cc2)cc1. The summed E-state index contributed by atoms with van der Waals surface area (Å²) in [4.78, 5) is 8.83. The number of aromatic nitrogens is 2. The molecule has 0 aliphatic carbocycles. The molecule has 1 unspecified atom stereocenters. The average Bonchev–Trinajstić information content (AvgIpc) is 3.30. The van der Waals surface area contributed by atoms with Crippen molar-refractivity contribution >= 4 is 16.0 Å². The maximum absolute atomic E-state index is 13.4. The Kier molecular flexibility index (Phi) is 5.79. The lowest BCUT2D eigenvalue weighted by molar-refractivity contribution is 0.390. The molecule has 2 aromatic carbocycles. The van der Waals surface area contributed by atoms with Crippen LogP contribution in [-0.2, 0) is 10.0 Å². The van der Waals surface area contributed by atoms with E-state index in [0.29, 0.717) is 24.4 Å². The quantitative estimate of drug-likeness (QED) is 0.627. The molecule has 1 aromatic heterocycles. The van der Waals surface area contributed by atoms with Crippen LogP contribution in [0.25, 0.3) is 11.1 Å². The van der Waals surface area contributed by atoms with Crippen molar-refractivity contribution in [3.63, 3.8) is 0 Å². The molecular formula is C22H24N4O4S. The molecule has 1 saturated heterocycles. The van der Waals surface area contributed by atoms with Crippen LogP contribution in [0.4, 0.5) is 5.95 Å². The van der Waals surface area contributed by atoms with E-state index in [1.807, 2.05) is 24.3 Å². The molecule has 4 rings (SSSR count). The number of hydrogen-bond acceptors (Lipinski definition) is 7. The fraction of sp³-hybridized carbons (Fsp3) is 0.273. The number of sulfonamides is 1. The van der Waals surface area contributed by atoms with Crippen LogP contribution in [0.5, 0.6) is 11.5 Å². The van der Waals surface area contributed by atoms with Crippen molar-refractivity contribution in [2.45, 2.75) is 23.8 Å². The van der Waals surface area contributed by atoms with Gasteiger partial charge in [0.2, 0.25) is 16.0 Å². The molecule has 162 valence electrons. The fourth-order valence-corrected chi connectivity index (χ4v) is 5.50. The van der Waals surface area contributed by atoms with Gasteiger partial charge in [-0.1, -0.05) is 12.1 Å². The largest absolute Gasteiger partial charge is 0.497 e. The smallest absolute Gasteiger partial charge is 0.243 e. The average molecular weight is 441 g/mol. The number of anilines is 1. The summed E-state index contributed by atoms with van der Waals surface area (Å²) >= 11 is 0. The van der Waals surface area contributed by atoms with E-state index in [-0.39, 0.29) is 10.8 Å². The molecule has 1 fully saturated rings. The molecule has 1 aliphatic heterocycles. The van der Waals surface area contributed by atoms with Crippen molar-refractivity contribution in [2.24, 2.45) is 0 Å². The molecule has 0 amide bonds. The second-order valence-corrected chi connectivity index (χ2v) is 9.10. The summed E-state index contributed by atoms with van der Waals surface area (Å²) in [7, 11) is -0.581. The van der Waals surface area contributed by atoms with E-state index in [4.69, 9.17) is 15.2 Å². The van der Waals surface area contributed by atoms with Crippen molar-refractivity contribution < 1.29 is 17.9 Å². The fourth-order valence-electron chi connectivity index (χ4n) is 3.84. The zero-order valence-electron chi connectivity index (χ0n) is 17.4. The first-order chi connectivity index (χ1) is 14.9. The molecule has 0 bridgehead atoms. The van der Waals surface area contributed by atoms with Gasteiger partial charge in [0.1, 0.15) is 11.5 Å². The van der Waals surface area contributed by atoms with Crippen LogP contribution >= 0.6 is 0 Å². The first-order valence-electron chi connectivity index (χ1n) is 9.87. The van der Waals surface area contributed by atoms with Gasteiger partial charge in [0.05, 0.1) is 30.9 Å². The lowest BCUT2D eigenvalue weighted by atomic mass is 10.0. The van der Waals surface area contributed by atoms with Crippen LogP contribution in [-0.4, -0.2) is 43.5 Å². The van der Waals surface area contributed by atoms with Crippen LogP contribution in [0.2, 0.25) is 0 Å². The van der Waals surface area contributed by atoms with Gasteiger partial charge in [-0.2, -0.15) is 4.31 Å². The molecule has 2 N–H and O–H groups in total. The molecule has 3 aromatic rings. The number of methoxy groups -OCH3 is 2. The van der Waals surface area contributed by atoms with Crippen molar-refractivity contribution in [2.75, 3.05) is 26.5 Å². The van der Waals surface area contributed by atoms with E-state index in [9.17, 15) is 8.42 Å². The Balaban J connectivity index is 1.75. The second-order valence-electron chi connectivity index (χ2n) is 7.20. The van der Waals surface area contributed by atoms with Gasteiger partial charge in [-0.3, -0.25) is 0 Å². The van der Waals surface area contributed by atoms with E-state index < -0.39 is 16.1 Å². The van der Waals surface area contributed by atoms with Crippen molar-refractivity contribution in [1.29, 1.82) is 0 Å².